The molecule has 2 aliphatic heterocycles. The van der Waals surface area contributed by atoms with E-state index in [0.717, 1.165) is 24.3 Å². The number of benzene rings is 2. The Labute approximate surface area is 262 Å². The second-order valence-electron chi connectivity index (χ2n) is 11.5. The number of nitrogens with two attached hydrogens (primary N) is 2. The van der Waals surface area contributed by atoms with Gasteiger partial charge in [0.15, 0.2) is 5.96 Å². The van der Waals surface area contributed by atoms with E-state index in [-0.39, 0.29) is 29.2 Å². The molecule has 4 rings (SSSR count). The van der Waals surface area contributed by atoms with Gasteiger partial charge in [-0.25, -0.2) is 13.2 Å². The number of rotatable bonds is 7. The average molecular weight is 647 g/mol. The van der Waals surface area contributed by atoms with Crippen LogP contribution in [0.15, 0.2) is 47.4 Å². The molecule has 45 heavy (non-hydrogen) atoms. The fraction of sp³-hybridized carbons (Fsp3) is 0.500. The van der Waals surface area contributed by atoms with Crippen LogP contribution in [0, 0.1) is 23.2 Å². The average Bonchev–Trinajstić information content (AvgIpc) is 2.99. The quantitative estimate of drug-likeness (QED) is 0.124. The van der Waals surface area contributed by atoms with Crippen molar-refractivity contribution in [1.29, 1.82) is 5.41 Å². The van der Waals surface area contributed by atoms with E-state index in [1.807, 2.05) is 19.1 Å². The van der Waals surface area contributed by atoms with Gasteiger partial charge in [-0.05, 0) is 60.9 Å². The van der Waals surface area contributed by atoms with Crippen molar-refractivity contribution in [3.63, 3.8) is 0 Å². The summed E-state index contributed by atoms with van der Waals surface area (Å²) in [4.78, 5) is 52.7. The molecular formula is C30H42N6O8S. The third-order valence-electron chi connectivity index (χ3n) is 8.51. The second kappa shape index (κ2) is 14.2. The standard InChI is InChI=1S/C28H38N6O6S.C2H4O2/c1-17-12-14-34(24(35)18(2)32-41(38,39)22-11-10-19-7-4-5-8-20(19)15-22)28(25(29)36,26(37)40-3)23(17)21-9-6-13-33(16-21)27(30)31;1-2(3)4/h4-5,7-8,10-11,15,17-18,21,23,32H,6,9,12-14,16H2,1-3H3,(H2,29,36)(H3,30,31);1H3,(H,3,4)/t17?,18?,21-,23?,28?;/m1./s1. The number of amides is 2. The van der Waals surface area contributed by atoms with E-state index >= 15 is 0 Å². The molecule has 0 radical (unpaired) electrons. The van der Waals surface area contributed by atoms with Gasteiger partial charge in [0.1, 0.15) is 0 Å². The molecule has 0 aromatic heterocycles. The Morgan fingerprint density at radius 3 is 2.29 bits per heavy atom. The number of sulfonamides is 1. The Bertz CT molecular complexity index is 1560. The minimum atomic E-state index is -4.15. The summed E-state index contributed by atoms with van der Waals surface area (Å²) in [6.07, 6.45) is 1.74. The van der Waals surface area contributed by atoms with Crippen LogP contribution in [0.2, 0.25) is 0 Å². The summed E-state index contributed by atoms with van der Waals surface area (Å²) in [5.74, 6) is -5.00. The first kappa shape index (κ1) is 35.2. The molecule has 2 amide bonds. The number of hydrogen-bond donors (Lipinski definition) is 5. The Kier molecular flexibility index (Phi) is 11.2. The Balaban J connectivity index is 0.00000130. The molecule has 14 nitrogen and oxygen atoms in total. The molecule has 7 N–H and O–H groups in total. The number of esters is 1. The van der Waals surface area contributed by atoms with Crippen LogP contribution in [-0.2, 0) is 33.9 Å². The van der Waals surface area contributed by atoms with Crippen molar-refractivity contribution in [2.75, 3.05) is 26.7 Å². The van der Waals surface area contributed by atoms with E-state index < -0.39 is 51.3 Å². The van der Waals surface area contributed by atoms with Crippen molar-refractivity contribution in [3.8, 4) is 0 Å². The van der Waals surface area contributed by atoms with E-state index in [9.17, 15) is 22.8 Å². The largest absolute Gasteiger partial charge is 0.481 e. The Morgan fingerprint density at radius 1 is 1.09 bits per heavy atom. The van der Waals surface area contributed by atoms with Gasteiger partial charge >= 0.3 is 5.97 Å². The summed E-state index contributed by atoms with van der Waals surface area (Å²) in [7, 11) is -3.03. The van der Waals surface area contributed by atoms with Gasteiger partial charge in [-0.15, -0.1) is 0 Å². The number of nitrogens with zero attached hydrogens (tertiary/aromatic N) is 2. The topological polar surface area (TPSA) is 226 Å². The van der Waals surface area contributed by atoms with Crippen LogP contribution < -0.4 is 16.2 Å². The number of primary amides is 1. The van der Waals surface area contributed by atoms with E-state index in [0.29, 0.717) is 37.7 Å². The van der Waals surface area contributed by atoms with Gasteiger partial charge in [-0.2, -0.15) is 4.72 Å². The lowest BCUT2D eigenvalue weighted by Gasteiger charge is -2.54. The number of carbonyl (C=O) groups excluding carboxylic acids is 3. The zero-order chi connectivity index (χ0) is 33.7. The van der Waals surface area contributed by atoms with Crippen molar-refractivity contribution in [3.05, 3.63) is 42.5 Å². The minimum absolute atomic E-state index is 0.000273. The number of methoxy groups -OCH3 is 1. The number of carboxylic acids is 1. The zero-order valence-corrected chi connectivity index (χ0v) is 26.7. The van der Waals surface area contributed by atoms with E-state index in [2.05, 4.69) is 4.72 Å². The lowest BCUT2D eigenvalue weighted by atomic mass is 9.62. The van der Waals surface area contributed by atoms with Crippen LogP contribution in [0.4, 0.5) is 0 Å². The van der Waals surface area contributed by atoms with Gasteiger partial charge in [0.25, 0.3) is 11.9 Å². The zero-order valence-electron chi connectivity index (χ0n) is 25.9. The normalized spacial score (nSPS) is 24.1. The Hall–Kier alpha value is -4.24. The molecule has 246 valence electrons. The number of aliphatic carboxylic acids is 1. The van der Waals surface area contributed by atoms with E-state index in [4.69, 9.17) is 31.5 Å². The molecule has 0 aliphatic carbocycles. The number of fused-ring (bicyclic) bond motifs is 1. The number of piperidine rings is 2. The molecule has 0 bridgehead atoms. The number of likely N-dealkylation sites (tertiary alicyclic amines) is 2. The van der Waals surface area contributed by atoms with Crippen LogP contribution in [0.25, 0.3) is 10.8 Å². The maximum atomic E-state index is 14.0. The van der Waals surface area contributed by atoms with Gasteiger partial charge in [0.2, 0.25) is 21.5 Å². The summed E-state index contributed by atoms with van der Waals surface area (Å²) in [5.41, 5.74) is 9.56. The first-order chi connectivity index (χ1) is 21.1. The van der Waals surface area contributed by atoms with Crippen LogP contribution >= 0.6 is 0 Å². The summed E-state index contributed by atoms with van der Waals surface area (Å²) in [6.45, 7) is 5.22. The van der Waals surface area contributed by atoms with Crippen LogP contribution in [0.3, 0.4) is 0 Å². The molecular weight excluding hydrogens is 604 g/mol. The lowest BCUT2D eigenvalue weighted by molar-refractivity contribution is -0.182. The maximum Gasteiger partial charge on any atom is 0.342 e. The number of ether oxygens (including phenoxy) is 1. The summed E-state index contributed by atoms with van der Waals surface area (Å²) in [6, 6.07) is 10.6. The van der Waals surface area contributed by atoms with Gasteiger partial charge in [-0.1, -0.05) is 37.3 Å². The molecule has 2 aliphatic rings. The number of guanidine groups is 1. The third kappa shape index (κ3) is 7.36. The molecule has 2 heterocycles. The van der Waals surface area contributed by atoms with Gasteiger partial charge in [-0.3, -0.25) is 19.8 Å². The molecule has 4 unspecified atom stereocenters. The van der Waals surface area contributed by atoms with Crippen LogP contribution in [0.1, 0.15) is 40.0 Å². The lowest BCUT2D eigenvalue weighted by Crippen LogP contribution is -2.75. The molecule has 2 fully saturated rings. The molecule has 2 aromatic carbocycles. The highest BCUT2D eigenvalue weighted by atomic mass is 32.2. The highest BCUT2D eigenvalue weighted by molar-refractivity contribution is 7.89. The van der Waals surface area contributed by atoms with Gasteiger partial charge < -0.3 is 31.1 Å². The van der Waals surface area contributed by atoms with Crippen LogP contribution in [-0.4, -0.2) is 91.4 Å². The molecule has 0 saturated carbocycles. The molecule has 0 spiro atoms. The fourth-order valence-electron chi connectivity index (χ4n) is 6.61. The molecule has 2 saturated heterocycles. The van der Waals surface area contributed by atoms with Crippen LogP contribution in [0.5, 0.6) is 0 Å². The molecule has 5 atom stereocenters. The van der Waals surface area contributed by atoms with Crippen molar-refractivity contribution >= 4 is 50.5 Å². The molecule has 15 heteroatoms. The fourth-order valence-corrected chi connectivity index (χ4v) is 7.84. The van der Waals surface area contributed by atoms with E-state index in [1.54, 1.807) is 23.1 Å². The van der Waals surface area contributed by atoms with Gasteiger partial charge in [0, 0.05) is 32.5 Å². The predicted molar refractivity (Wildman–Crippen MR) is 166 cm³/mol. The first-order valence-electron chi connectivity index (χ1n) is 14.6. The van der Waals surface area contributed by atoms with Gasteiger partial charge in [0.05, 0.1) is 18.0 Å². The van der Waals surface area contributed by atoms with Crippen molar-refractivity contribution in [2.24, 2.45) is 29.2 Å². The van der Waals surface area contributed by atoms with E-state index in [1.165, 1.54) is 19.1 Å². The number of carboxylic acid groups (broad SMARTS) is 1. The second-order valence-corrected chi connectivity index (χ2v) is 13.2. The van der Waals surface area contributed by atoms with Crippen molar-refractivity contribution < 1.29 is 37.4 Å². The smallest absolute Gasteiger partial charge is 0.342 e. The third-order valence-corrected chi connectivity index (χ3v) is 10.0. The highest BCUT2D eigenvalue weighted by Crippen LogP contribution is 2.46. The summed E-state index contributed by atoms with van der Waals surface area (Å²) >= 11 is 0. The summed E-state index contributed by atoms with van der Waals surface area (Å²) in [5, 5.41) is 16.9. The van der Waals surface area contributed by atoms with Crippen molar-refractivity contribution in [2.45, 2.75) is 56.5 Å². The molecule has 2 aromatic rings. The Morgan fingerprint density at radius 2 is 1.71 bits per heavy atom. The SMILES string of the molecule is CC(=O)O.COC(=O)C1(C(N)=O)C([C@@H]2CCCN(C(=N)N)C2)C(C)CCN1C(=O)C(C)NS(=O)(=O)c1ccc2ccccc2c1. The minimum Gasteiger partial charge on any atom is -0.481 e. The number of nitrogens with one attached hydrogen (secondary N) is 2. The number of carbonyl (C=O) groups is 4. The van der Waals surface area contributed by atoms with Crippen molar-refractivity contribution in [1.82, 2.24) is 14.5 Å². The number of hydrogen-bond acceptors (Lipinski definition) is 8. The highest BCUT2D eigenvalue weighted by Gasteiger charge is 2.64. The summed E-state index contributed by atoms with van der Waals surface area (Å²) < 4.78 is 34.2. The first-order valence-corrected chi connectivity index (χ1v) is 16.1. The maximum absolute atomic E-state index is 14.0. The predicted octanol–water partition coefficient (Wildman–Crippen LogP) is 1.08. The monoisotopic (exact) mass is 646 g/mol.